The molecule has 12 nitrogen and oxygen atoms in total. The Balaban J connectivity index is 1.73. The third-order valence-electron chi connectivity index (χ3n) is 7.08. The largest absolute Gasteiger partial charge is 0.394 e. The number of methoxy groups -OCH3 is 1. The summed E-state index contributed by atoms with van der Waals surface area (Å²) in [6.07, 6.45) is 13.2. The Kier molecular flexibility index (Phi) is 16.5. The first-order valence-corrected chi connectivity index (χ1v) is 17.4. The first-order chi connectivity index (χ1) is 19.2. The lowest BCUT2D eigenvalue weighted by molar-refractivity contribution is -0.0625. The van der Waals surface area contributed by atoms with Crippen molar-refractivity contribution in [3.8, 4) is 0 Å². The molecule has 3 unspecified atom stereocenters. The predicted octanol–water partition coefficient (Wildman–Crippen LogP) is 3.86. The summed E-state index contributed by atoms with van der Waals surface area (Å²) in [5, 5.41) is 9.74. The number of rotatable bonds is 21. The van der Waals surface area contributed by atoms with E-state index in [4.69, 9.17) is 14.0 Å². The van der Waals surface area contributed by atoms with Crippen LogP contribution < -0.4 is 11.2 Å². The van der Waals surface area contributed by atoms with Crippen LogP contribution in [-0.2, 0) is 24.0 Å². The second-order valence-corrected chi connectivity index (χ2v) is 13.4. The molecule has 2 heterocycles. The van der Waals surface area contributed by atoms with Crippen LogP contribution in [0.3, 0.4) is 0 Å². The van der Waals surface area contributed by atoms with Crippen molar-refractivity contribution >= 4 is 18.2 Å². The van der Waals surface area contributed by atoms with E-state index in [0.29, 0.717) is 6.42 Å². The molecule has 2 rings (SSSR count). The minimum absolute atomic E-state index is 0.184. The number of hydrogen-bond acceptors (Lipinski definition) is 8. The van der Waals surface area contributed by atoms with E-state index >= 15 is 0 Å². The fourth-order valence-electron chi connectivity index (χ4n) is 4.89. The summed E-state index contributed by atoms with van der Waals surface area (Å²) in [6.45, 7) is 1.69. The highest BCUT2D eigenvalue weighted by atomic mass is 32.2. The summed E-state index contributed by atoms with van der Waals surface area (Å²) in [5.74, 6) is -0.184. The van der Waals surface area contributed by atoms with Crippen molar-refractivity contribution in [1.29, 1.82) is 0 Å². The second-order valence-electron chi connectivity index (χ2n) is 10.3. The fraction of sp³-hybridized carbons (Fsp3) is 0.846. The molecule has 0 bridgehead atoms. The molecule has 1 fully saturated rings. The van der Waals surface area contributed by atoms with E-state index in [9.17, 15) is 28.0 Å². The molecule has 1 aliphatic rings. The first-order valence-electron chi connectivity index (χ1n) is 14.5. The first kappa shape index (κ1) is 34.9. The van der Waals surface area contributed by atoms with Crippen molar-refractivity contribution in [3.05, 3.63) is 33.1 Å². The van der Waals surface area contributed by atoms with Crippen LogP contribution in [0.25, 0.3) is 0 Å². The zero-order valence-electron chi connectivity index (χ0n) is 23.8. The Bertz CT molecular complexity index is 1110. The van der Waals surface area contributed by atoms with Crippen molar-refractivity contribution in [1.82, 2.24) is 9.55 Å². The molecule has 40 heavy (non-hydrogen) atoms. The molecule has 0 spiro atoms. The van der Waals surface area contributed by atoms with Gasteiger partial charge < -0.3 is 24.0 Å². The maximum atomic E-state index is 12.4. The number of aliphatic hydroxyl groups is 1. The van der Waals surface area contributed by atoms with Gasteiger partial charge in [-0.2, -0.15) is 0 Å². The number of aromatic nitrogens is 2. The van der Waals surface area contributed by atoms with E-state index in [1.54, 1.807) is 0 Å². The van der Waals surface area contributed by atoms with Crippen LogP contribution in [0.4, 0.5) is 0 Å². The lowest BCUT2D eigenvalue weighted by Crippen LogP contribution is -2.39. The number of ether oxygens (including phenoxy) is 2. The molecular weight excluding hydrogens is 561 g/mol. The van der Waals surface area contributed by atoms with E-state index in [1.807, 2.05) is 0 Å². The fourth-order valence-corrected chi connectivity index (χ4v) is 7.47. The molecule has 0 aromatic carbocycles. The zero-order chi connectivity index (χ0) is 29.4. The highest BCUT2D eigenvalue weighted by Crippen LogP contribution is 2.38. The topological polar surface area (TPSA) is 170 Å². The summed E-state index contributed by atoms with van der Waals surface area (Å²) in [6, 6.07) is 1.13. The van der Waals surface area contributed by atoms with Crippen molar-refractivity contribution in [3.63, 3.8) is 0 Å². The SMILES string of the molecule is CCCCCCCCCCCCCCCCS(=O)(=O)/N=[PH](/O)OC1C(OC)[C@H](n2ccc(=O)[nH]c2=O)O[C@@H]1CO. The van der Waals surface area contributed by atoms with Gasteiger partial charge >= 0.3 is 5.69 Å². The van der Waals surface area contributed by atoms with E-state index in [-0.39, 0.29) is 5.75 Å². The Morgan fingerprint density at radius 1 is 0.975 bits per heavy atom. The molecule has 3 N–H and O–H groups in total. The Labute approximate surface area is 238 Å². The lowest BCUT2D eigenvalue weighted by Gasteiger charge is -2.23. The standard InChI is InChI=1S/C26H48N3O9PS/c1-3-4-5-6-7-8-9-10-11-12-13-14-15-16-19-40(34,35)28-39(33)38-23-21(20-30)37-25(24(23)36-2)29-18-17-22(31)27-26(29)32/h17-18,21,23-25,30,39H,3-16,19-20H2,1-2H3,(H,28,33)(H,27,31,32)/t21-,23?,24?,25-/m1/s1. The van der Waals surface area contributed by atoms with E-state index in [1.165, 1.54) is 71.1 Å². The van der Waals surface area contributed by atoms with Crippen LogP contribution in [0.1, 0.15) is 103 Å². The van der Waals surface area contributed by atoms with E-state index < -0.39 is 60.6 Å². The number of H-pyrrole nitrogens is 1. The minimum Gasteiger partial charge on any atom is -0.394 e. The van der Waals surface area contributed by atoms with Gasteiger partial charge in [-0.1, -0.05) is 90.4 Å². The quantitative estimate of drug-likeness (QED) is 0.138. The van der Waals surface area contributed by atoms with Gasteiger partial charge in [-0.15, -0.1) is 4.15 Å². The molecule has 1 aromatic heterocycles. The van der Waals surface area contributed by atoms with Crippen molar-refractivity contribution in [2.45, 2.75) is 121 Å². The van der Waals surface area contributed by atoms with Gasteiger partial charge in [-0.3, -0.25) is 14.3 Å². The monoisotopic (exact) mass is 609 g/mol. The normalized spacial score (nSPS) is 22.2. The average molecular weight is 610 g/mol. The van der Waals surface area contributed by atoms with Gasteiger partial charge in [0.2, 0.25) is 8.17 Å². The van der Waals surface area contributed by atoms with Crippen LogP contribution in [0.2, 0.25) is 0 Å². The molecular formula is C26H48N3O9PS. The summed E-state index contributed by atoms with van der Waals surface area (Å²) >= 11 is 0. The zero-order valence-corrected chi connectivity index (χ0v) is 25.6. The Morgan fingerprint density at radius 2 is 1.52 bits per heavy atom. The molecule has 14 heteroatoms. The van der Waals surface area contributed by atoms with Crippen LogP contribution in [-0.4, -0.2) is 65.8 Å². The molecule has 0 amide bonds. The molecule has 1 saturated heterocycles. The number of nitrogens with zero attached hydrogens (tertiary/aromatic N) is 2. The number of aromatic amines is 1. The predicted molar refractivity (Wildman–Crippen MR) is 155 cm³/mol. The summed E-state index contributed by atoms with van der Waals surface area (Å²) in [5.41, 5.74) is -1.35. The molecule has 0 saturated carbocycles. The number of hydrogen-bond donors (Lipinski definition) is 3. The molecule has 0 radical (unpaired) electrons. The smallest absolute Gasteiger partial charge is 0.330 e. The van der Waals surface area contributed by atoms with Gasteiger partial charge in [-0.25, -0.2) is 13.2 Å². The van der Waals surface area contributed by atoms with Crippen LogP contribution in [0.15, 0.2) is 26.0 Å². The van der Waals surface area contributed by atoms with Gasteiger partial charge in [-0.05, 0) is 6.42 Å². The van der Waals surface area contributed by atoms with E-state index in [0.717, 1.165) is 36.3 Å². The Hall–Kier alpha value is -1.34. The number of sulfonamides is 1. The average Bonchev–Trinajstić information content (AvgIpc) is 3.25. The molecule has 232 valence electrons. The number of nitrogens with one attached hydrogen (secondary N) is 1. The molecule has 1 aromatic rings. The van der Waals surface area contributed by atoms with E-state index in [2.05, 4.69) is 16.1 Å². The van der Waals surface area contributed by atoms with Crippen LogP contribution >= 0.6 is 8.17 Å². The van der Waals surface area contributed by atoms with Crippen LogP contribution in [0, 0.1) is 0 Å². The summed E-state index contributed by atoms with van der Waals surface area (Å²) < 4.78 is 46.0. The van der Waals surface area contributed by atoms with Gasteiger partial charge in [0.25, 0.3) is 15.6 Å². The van der Waals surface area contributed by atoms with Gasteiger partial charge in [0.1, 0.15) is 18.3 Å². The highest BCUT2D eigenvalue weighted by Gasteiger charge is 2.47. The number of aliphatic hydroxyl groups excluding tert-OH is 1. The number of unbranched alkanes of at least 4 members (excludes halogenated alkanes) is 13. The Morgan fingerprint density at radius 3 is 2.02 bits per heavy atom. The molecule has 5 atom stereocenters. The maximum Gasteiger partial charge on any atom is 0.330 e. The van der Waals surface area contributed by atoms with Crippen molar-refractivity contribution in [2.75, 3.05) is 19.5 Å². The van der Waals surface area contributed by atoms with Gasteiger partial charge in [0.15, 0.2) is 6.23 Å². The third kappa shape index (κ3) is 12.3. The van der Waals surface area contributed by atoms with Crippen LogP contribution in [0.5, 0.6) is 0 Å². The third-order valence-corrected chi connectivity index (χ3v) is 10.1. The highest BCUT2D eigenvalue weighted by molar-refractivity contribution is 7.92. The van der Waals surface area contributed by atoms with Gasteiger partial charge in [0, 0.05) is 19.4 Å². The molecule has 0 aliphatic carbocycles. The second kappa shape index (κ2) is 19.0. The van der Waals surface area contributed by atoms with Gasteiger partial charge in [0.05, 0.1) is 12.4 Å². The summed E-state index contributed by atoms with van der Waals surface area (Å²) in [4.78, 5) is 36.1. The lowest BCUT2D eigenvalue weighted by atomic mass is 10.0. The van der Waals surface area contributed by atoms with Crippen molar-refractivity contribution in [2.24, 2.45) is 4.15 Å². The minimum atomic E-state index is -3.91. The molecule has 1 aliphatic heterocycles. The maximum absolute atomic E-state index is 12.4. The van der Waals surface area contributed by atoms with Crippen molar-refractivity contribution < 1.29 is 32.4 Å². The summed E-state index contributed by atoms with van der Waals surface area (Å²) in [7, 11) is -5.77.